The van der Waals surface area contributed by atoms with E-state index in [1.54, 1.807) is 0 Å². The van der Waals surface area contributed by atoms with E-state index in [1.165, 1.54) is 6.08 Å². The van der Waals surface area contributed by atoms with Gasteiger partial charge in [0.25, 0.3) is 0 Å². The Morgan fingerprint density at radius 1 is 1.19 bits per heavy atom. The summed E-state index contributed by atoms with van der Waals surface area (Å²) in [5.41, 5.74) is 2.00. The van der Waals surface area contributed by atoms with E-state index in [0.29, 0.717) is 0 Å². The summed E-state index contributed by atoms with van der Waals surface area (Å²) in [6.45, 7) is 0. The molecule has 1 rings (SSSR count). The minimum atomic E-state index is -0.465. The van der Waals surface area contributed by atoms with Crippen LogP contribution in [0.3, 0.4) is 0 Å². The van der Waals surface area contributed by atoms with Crippen molar-refractivity contribution in [3.05, 3.63) is 46.1 Å². The molecule has 16 heavy (non-hydrogen) atoms. The summed E-state index contributed by atoms with van der Waals surface area (Å²) < 4.78 is 0.735. The van der Waals surface area contributed by atoms with Gasteiger partial charge in [-0.25, -0.2) is 0 Å². The molecule has 5 heteroatoms. The van der Waals surface area contributed by atoms with E-state index >= 15 is 0 Å². The molecule has 0 atom stereocenters. The first-order valence-corrected chi connectivity index (χ1v) is 4.63. The number of rotatable bonds is 3. The smallest absolute Gasteiger partial charge is 0.235 e. The van der Waals surface area contributed by atoms with Crippen LogP contribution in [0.2, 0.25) is 0 Å². The first-order valence-electron chi connectivity index (χ1n) is 4.63. The second-order valence-corrected chi connectivity index (χ2v) is 4.21. The van der Waals surface area contributed by atoms with Crippen molar-refractivity contribution >= 4 is 11.8 Å². The zero-order chi connectivity index (χ0) is 11.5. The van der Waals surface area contributed by atoms with Gasteiger partial charge in [0.15, 0.2) is 0 Å². The third-order valence-electron chi connectivity index (χ3n) is 2.06. The Labute approximate surface area is 112 Å². The molecule has 4 nitrogen and oxygen atoms in total. The van der Waals surface area contributed by atoms with Crippen LogP contribution in [0.25, 0.3) is 6.08 Å². The van der Waals surface area contributed by atoms with Gasteiger partial charge in [-0.05, 0) is 29.8 Å². The van der Waals surface area contributed by atoms with Crippen LogP contribution in [0.1, 0.15) is 5.56 Å². The maximum absolute atomic E-state index is 10.1. The zero-order valence-electron chi connectivity index (χ0n) is 9.55. The quantitative estimate of drug-likeness (QED) is 0.312. The molecule has 0 aliphatic carbocycles. The third-order valence-corrected chi connectivity index (χ3v) is 2.06. The Morgan fingerprint density at radius 2 is 1.69 bits per heavy atom. The Morgan fingerprint density at radius 3 is 2.06 bits per heavy atom. The summed E-state index contributed by atoms with van der Waals surface area (Å²) in [6, 6.07) is 7.69. The molecule has 0 N–H and O–H groups in total. The minimum Gasteiger partial charge on any atom is -1.00 e. The van der Waals surface area contributed by atoms with Crippen LogP contribution in [0, 0.1) is 10.1 Å². The van der Waals surface area contributed by atoms with Crippen molar-refractivity contribution in [3.8, 4) is 0 Å². The van der Waals surface area contributed by atoms with Gasteiger partial charge in [-0.2, -0.15) is 0 Å². The number of benzene rings is 1. The van der Waals surface area contributed by atoms with E-state index in [4.69, 9.17) is 0 Å². The standard InChI is InChI=1S/C11H15N2O2.HI/c1-13(2,3)11-6-4-10(5-7-11)8-9-12(14)15;/h4-9H,1-3H3;1H/q+1;/p-1/b9-8+;. The molecule has 0 heterocycles. The summed E-state index contributed by atoms with van der Waals surface area (Å²) in [4.78, 5) is 9.65. The molecule has 1 aromatic rings. The van der Waals surface area contributed by atoms with Crippen molar-refractivity contribution < 1.29 is 28.9 Å². The van der Waals surface area contributed by atoms with Crippen LogP contribution < -0.4 is 28.5 Å². The maximum Gasteiger partial charge on any atom is 0.235 e. The molecule has 1 aromatic carbocycles. The summed E-state index contributed by atoms with van der Waals surface area (Å²) in [5, 5.41) is 10.1. The molecular formula is C11H15IN2O2. The average Bonchev–Trinajstić information content (AvgIpc) is 2.14. The van der Waals surface area contributed by atoms with Gasteiger partial charge in [-0.1, -0.05) is 0 Å². The zero-order valence-corrected chi connectivity index (χ0v) is 11.7. The Bertz CT molecular complexity index is 380. The average molecular weight is 334 g/mol. The highest BCUT2D eigenvalue weighted by Gasteiger charge is 2.10. The number of hydrogen-bond donors (Lipinski definition) is 0. The molecule has 0 amide bonds. The van der Waals surface area contributed by atoms with Crippen molar-refractivity contribution in [3.63, 3.8) is 0 Å². The molecule has 0 unspecified atom stereocenters. The topological polar surface area (TPSA) is 43.1 Å². The lowest BCUT2D eigenvalue weighted by molar-refractivity contribution is -0.400. The lowest BCUT2D eigenvalue weighted by Crippen LogP contribution is -3.00. The van der Waals surface area contributed by atoms with Crippen molar-refractivity contribution in [1.82, 2.24) is 4.48 Å². The molecule has 0 aliphatic rings. The Kier molecular flexibility index (Phi) is 5.60. The molecule has 0 saturated carbocycles. The van der Waals surface area contributed by atoms with Crippen LogP contribution in [0.4, 0.5) is 5.69 Å². The first-order chi connectivity index (χ1) is 6.89. The van der Waals surface area contributed by atoms with Gasteiger partial charge >= 0.3 is 0 Å². The number of hydrogen-bond acceptors (Lipinski definition) is 2. The molecule has 0 spiro atoms. The van der Waals surface area contributed by atoms with Crippen LogP contribution in [-0.2, 0) is 0 Å². The first kappa shape index (κ1) is 15.0. The molecule has 0 saturated heterocycles. The number of halogens is 1. The van der Waals surface area contributed by atoms with Gasteiger partial charge in [0.1, 0.15) is 5.69 Å². The van der Waals surface area contributed by atoms with E-state index in [1.807, 2.05) is 24.3 Å². The summed E-state index contributed by atoms with van der Waals surface area (Å²) in [5.74, 6) is 0. The van der Waals surface area contributed by atoms with Crippen molar-refractivity contribution in [1.29, 1.82) is 0 Å². The fourth-order valence-corrected chi connectivity index (χ4v) is 1.18. The highest BCUT2D eigenvalue weighted by Crippen LogP contribution is 2.17. The van der Waals surface area contributed by atoms with Crippen LogP contribution in [-0.4, -0.2) is 26.1 Å². The summed E-state index contributed by atoms with van der Waals surface area (Å²) >= 11 is 0. The van der Waals surface area contributed by atoms with Gasteiger partial charge in [0.05, 0.1) is 26.1 Å². The molecule has 88 valence electrons. The lowest BCUT2D eigenvalue weighted by Gasteiger charge is -2.23. The number of nitro groups is 1. The van der Waals surface area contributed by atoms with Crippen LogP contribution >= 0.6 is 0 Å². The minimum absolute atomic E-state index is 0. The van der Waals surface area contributed by atoms with E-state index in [9.17, 15) is 10.1 Å². The van der Waals surface area contributed by atoms with Gasteiger partial charge in [0.2, 0.25) is 6.20 Å². The van der Waals surface area contributed by atoms with Gasteiger partial charge < -0.3 is 24.0 Å². The highest BCUT2D eigenvalue weighted by molar-refractivity contribution is 5.53. The predicted molar refractivity (Wildman–Crippen MR) is 62.0 cm³/mol. The summed E-state index contributed by atoms with van der Waals surface area (Å²) in [7, 11) is 6.21. The second kappa shape index (κ2) is 5.95. The maximum atomic E-state index is 10.1. The van der Waals surface area contributed by atoms with E-state index in [-0.39, 0.29) is 24.0 Å². The number of nitrogens with zero attached hydrogens (tertiary/aromatic N) is 2. The fourth-order valence-electron chi connectivity index (χ4n) is 1.18. The fraction of sp³-hybridized carbons (Fsp3) is 0.273. The van der Waals surface area contributed by atoms with Crippen LogP contribution in [0.15, 0.2) is 30.5 Å². The Balaban J connectivity index is 0.00000225. The second-order valence-electron chi connectivity index (χ2n) is 4.21. The number of quaternary nitrogens is 1. The molecular weight excluding hydrogens is 319 g/mol. The van der Waals surface area contributed by atoms with Crippen LogP contribution in [0.5, 0.6) is 0 Å². The Hall–Kier alpha value is -0.950. The predicted octanol–water partition coefficient (Wildman–Crippen LogP) is -0.865. The lowest BCUT2D eigenvalue weighted by atomic mass is 10.2. The van der Waals surface area contributed by atoms with Crippen molar-refractivity contribution in [2.75, 3.05) is 21.1 Å². The van der Waals surface area contributed by atoms with E-state index in [2.05, 4.69) is 21.1 Å². The SMILES string of the molecule is C[N+](C)(C)c1ccc(/C=C/[N+](=O)[O-])cc1.[I-]. The van der Waals surface area contributed by atoms with Crippen molar-refractivity contribution in [2.45, 2.75) is 0 Å². The monoisotopic (exact) mass is 334 g/mol. The van der Waals surface area contributed by atoms with Gasteiger partial charge in [-0.15, -0.1) is 0 Å². The van der Waals surface area contributed by atoms with Gasteiger partial charge in [-0.3, -0.25) is 14.6 Å². The van der Waals surface area contributed by atoms with Crippen molar-refractivity contribution in [2.24, 2.45) is 0 Å². The molecule has 0 bridgehead atoms. The molecule has 0 fully saturated rings. The normalized spacial score (nSPS) is 11.2. The third kappa shape index (κ3) is 4.71. The molecule has 0 aromatic heterocycles. The highest BCUT2D eigenvalue weighted by atomic mass is 127. The van der Waals surface area contributed by atoms with E-state index < -0.39 is 4.92 Å². The molecule has 0 radical (unpaired) electrons. The largest absolute Gasteiger partial charge is 1.00 e. The van der Waals surface area contributed by atoms with E-state index in [0.717, 1.165) is 21.9 Å². The van der Waals surface area contributed by atoms with Gasteiger partial charge in [0, 0.05) is 6.08 Å². The summed E-state index contributed by atoms with van der Waals surface area (Å²) in [6.07, 6.45) is 2.43. The molecule has 0 aliphatic heterocycles.